The minimum atomic E-state index is -0.363. The Labute approximate surface area is 141 Å². The normalized spacial score (nSPS) is 14.8. The molecule has 0 aliphatic carbocycles. The Balaban J connectivity index is 1.76. The van der Waals surface area contributed by atoms with Crippen LogP contribution >= 0.6 is 0 Å². The molecular formula is C18H22N4O2. The molecule has 0 unspecified atom stereocenters. The summed E-state index contributed by atoms with van der Waals surface area (Å²) in [6.45, 7) is 2.07. The first-order valence-corrected chi connectivity index (χ1v) is 8.29. The van der Waals surface area contributed by atoms with Gasteiger partial charge in [0, 0.05) is 25.0 Å². The summed E-state index contributed by atoms with van der Waals surface area (Å²) < 4.78 is 4.75. The van der Waals surface area contributed by atoms with Crippen molar-refractivity contribution >= 4 is 23.4 Å². The van der Waals surface area contributed by atoms with E-state index in [1.165, 1.54) is 32.8 Å². The van der Waals surface area contributed by atoms with Gasteiger partial charge in [-0.05, 0) is 37.1 Å². The number of carbonyl (C=O) groups excluding carboxylic acids is 1. The van der Waals surface area contributed by atoms with E-state index in [2.05, 4.69) is 20.2 Å². The summed E-state index contributed by atoms with van der Waals surface area (Å²) in [5.41, 5.74) is 1.25. The van der Waals surface area contributed by atoms with Gasteiger partial charge in [-0.3, -0.25) is 0 Å². The molecule has 2 aromatic rings. The van der Waals surface area contributed by atoms with Gasteiger partial charge in [-0.2, -0.15) is 4.98 Å². The van der Waals surface area contributed by atoms with Crippen LogP contribution in [0.2, 0.25) is 0 Å². The average molecular weight is 326 g/mol. The number of nitrogens with one attached hydrogen (secondary N) is 1. The third-order valence-electron chi connectivity index (χ3n) is 4.11. The summed E-state index contributed by atoms with van der Waals surface area (Å²) in [5.74, 6) is 1.11. The monoisotopic (exact) mass is 326 g/mol. The smallest absolute Gasteiger partial charge is 0.337 e. The molecule has 0 atom stereocenters. The SMILES string of the molecule is COC(=O)c1cccc(Nc2nccc(N3CCCCCC3)n2)c1. The molecule has 1 aromatic carbocycles. The van der Waals surface area contributed by atoms with Gasteiger partial charge < -0.3 is 15.0 Å². The van der Waals surface area contributed by atoms with Crippen LogP contribution in [-0.4, -0.2) is 36.1 Å². The number of anilines is 3. The van der Waals surface area contributed by atoms with Crippen LogP contribution in [0, 0.1) is 0 Å². The fraction of sp³-hybridized carbons (Fsp3) is 0.389. The van der Waals surface area contributed by atoms with E-state index in [9.17, 15) is 4.79 Å². The molecule has 1 N–H and O–H groups in total. The molecule has 0 spiro atoms. The highest BCUT2D eigenvalue weighted by Crippen LogP contribution is 2.20. The van der Waals surface area contributed by atoms with Gasteiger partial charge in [0.1, 0.15) is 5.82 Å². The quantitative estimate of drug-likeness (QED) is 0.869. The van der Waals surface area contributed by atoms with E-state index >= 15 is 0 Å². The zero-order chi connectivity index (χ0) is 16.8. The highest BCUT2D eigenvalue weighted by Gasteiger charge is 2.12. The second kappa shape index (κ2) is 7.77. The first kappa shape index (κ1) is 16.2. The molecular weight excluding hydrogens is 304 g/mol. The molecule has 3 rings (SSSR count). The van der Waals surface area contributed by atoms with Crippen LogP contribution in [0.3, 0.4) is 0 Å². The van der Waals surface area contributed by atoms with E-state index in [1.54, 1.807) is 24.4 Å². The fourth-order valence-electron chi connectivity index (χ4n) is 2.86. The molecule has 126 valence electrons. The molecule has 6 nitrogen and oxygen atoms in total. The second-order valence-electron chi connectivity index (χ2n) is 5.84. The Morgan fingerprint density at radius 3 is 2.71 bits per heavy atom. The van der Waals surface area contributed by atoms with Gasteiger partial charge in [-0.1, -0.05) is 18.9 Å². The van der Waals surface area contributed by atoms with Gasteiger partial charge in [0.05, 0.1) is 12.7 Å². The first-order chi connectivity index (χ1) is 11.8. The van der Waals surface area contributed by atoms with Crippen LogP contribution < -0.4 is 10.2 Å². The summed E-state index contributed by atoms with van der Waals surface area (Å²) in [4.78, 5) is 22.8. The Morgan fingerprint density at radius 2 is 1.96 bits per heavy atom. The molecule has 0 amide bonds. The van der Waals surface area contributed by atoms with Crippen molar-refractivity contribution in [3.63, 3.8) is 0 Å². The third kappa shape index (κ3) is 4.01. The summed E-state index contributed by atoms with van der Waals surface area (Å²) >= 11 is 0. The van der Waals surface area contributed by atoms with Crippen molar-refractivity contribution in [3.05, 3.63) is 42.1 Å². The number of benzene rings is 1. The Morgan fingerprint density at radius 1 is 1.17 bits per heavy atom. The molecule has 1 aliphatic rings. The van der Waals surface area contributed by atoms with Crippen molar-refractivity contribution in [1.29, 1.82) is 0 Å². The van der Waals surface area contributed by atoms with Crippen molar-refractivity contribution in [1.82, 2.24) is 9.97 Å². The van der Waals surface area contributed by atoms with Gasteiger partial charge in [0.2, 0.25) is 5.95 Å². The van der Waals surface area contributed by atoms with Gasteiger partial charge >= 0.3 is 5.97 Å². The topological polar surface area (TPSA) is 67.3 Å². The predicted octanol–water partition coefficient (Wildman–Crippen LogP) is 3.39. The highest BCUT2D eigenvalue weighted by atomic mass is 16.5. The maximum absolute atomic E-state index is 11.6. The van der Waals surface area contributed by atoms with E-state index < -0.39 is 0 Å². The third-order valence-corrected chi connectivity index (χ3v) is 4.11. The van der Waals surface area contributed by atoms with Crippen molar-refractivity contribution in [2.45, 2.75) is 25.7 Å². The molecule has 1 aliphatic heterocycles. The molecule has 0 saturated carbocycles. The Bertz CT molecular complexity index is 697. The Kier molecular flexibility index (Phi) is 5.25. The summed E-state index contributed by atoms with van der Waals surface area (Å²) in [6, 6.07) is 9.06. The summed E-state index contributed by atoms with van der Waals surface area (Å²) in [6.07, 6.45) is 6.74. The van der Waals surface area contributed by atoms with Crippen LogP contribution in [0.5, 0.6) is 0 Å². The number of aromatic nitrogens is 2. The first-order valence-electron chi connectivity index (χ1n) is 8.29. The number of hydrogen-bond donors (Lipinski definition) is 1. The lowest BCUT2D eigenvalue weighted by molar-refractivity contribution is 0.0601. The van der Waals surface area contributed by atoms with Crippen LogP contribution in [0.4, 0.5) is 17.5 Å². The van der Waals surface area contributed by atoms with E-state index in [-0.39, 0.29) is 5.97 Å². The number of ether oxygens (including phenoxy) is 1. The highest BCUT2D eigenvalue weighted by molar-refractivity contribution is 5.90. The molecule has 1 saturated heterocycles. The van der Waals surface area contributed by atoms with Crippen molar-refractivity contribution in [2.75, 3.05) is 30.4 Å². The molecule has 6 heteroatoms. The second-order valence-corrected chi connectivity index (χ2v) is 5.84. The molecule has 0 radical (unpaired) electrons. The van der Waals surface area contributed by atoms with Gasteiger partial charge in [0.15, 0.2) is 0 Å². The molecule has 2 heterocycles. The summed E-state index contributed by atoms with van der Waals surface area (Å²) in [7, 11) is 1.37. The minimum Gasteiger partial charge on any atom is -0.465 e. The minimum absolute atomic E-state index is 0.363. The lowest BCUT2D eigenvalue weighted by Crippen LogP contribution is -2.25. The molecule has 0 bridgehead atoms. The lowest BCUT2D eigenvalue weighted by Gasteiger charge is -2.21. The number of carbonyl (C=O) groups is 1. The average Bonchev–Trinajstić information content (AvgIpc) is 2.91. The van der Waals surface area contributed by atoms with Gasteiger partial charge in [-0.25, -0.2) is 9.78 Å². The standard InChI is InChI=1S/C18H22N4O2/c1-24-17(23)14-7-6-8-15(13-14)20-18-19-10-9-16(21-18)22-11-4-2-3-5-12-22/h6-10,13H,2-5,11-12H2,1H3,(H,19,20,21). The van der Waals surface area contributed by atoms with Gasteiger partial charge in [0.25, 0.3) is 0 Å². The zero-order valence-electron chi connectivity index (χ0n) is 13.9. The van der Waals surface area contributed by atoms with E-state index in [4.69, 9.17) is 4.74 Å². The van der Waals surface area contributed by atoms with Crippen molar-refractivity contribution in [2.24, 2.45) is 0 Å². The molecule has 1 aromatic heterocycles. The van der Waals surface area contributed by atoms with Crippen LogP contribution in [-0.2, 0) is 4.74 Å². The lowest BCUT2D eigenvalue weighted by atomic mass is 10.2. The number of nitrogens with zero attached hydrogens (tertiary/aromatic N) is 3. The molecule has 1 fully saturated rings. The van der Waals surface area contributed by atoms with Gasteiger partial charge in [-0.15, -0.1) is 0 Å². The summed E-state index contributed by atoms with van der Waals surface area (Å²) in [5, 5.41) is 3.16. The largest absolute Gasteiger partial charge is 0.465 e. The van der Waals surface area contributed by atoms with E-state index in [1.807, 2.05) is 12.1 Å². The number of esters is 1. The maximum Gasteiger partial charge on any atom is 0.337 e. The van der Waals surface area contributed by atoms with Crippen LogP contribution in [0.1, 0.15) is 36.0 Å². The fourth-order valence-corrected chi connectivity index (χ4v) is 2.86. The van der Waals surface area contributed by atoms with E-state index in [0.717, 1.165) is 24.6 Å². The van der Waals surface area contributed by atoms with Crippen molar-refractivity contribution < 1.29 is 9.53 Å². The number of hydrogen-bond acceptors (Lipinski definition) is 6. The predicted molar refractivity (Wildman–Crippen MR) is 93.8 cm³/mol. The van der Waals surface area contributed by atoms with Crippen molar-refractivity contribution in [3.8, 4) is 0 Å². The maximum atomic E-state index is 11.6. The van der Waals surface area contributed by atoms with Crippen LogP contribution in [0.15, 0.2) is 36.5 Å². The Hall–Kier alpha value is -2.63. The number of methoxy groups -OCH3 is 1. The number of rotatable bonds is 4. The molecule has 24 heavy (non-hydrogen) atoms. The zero-order valence-corrected chi connectivity index (χ0v) is 13.9. The van der Waals surface area contributed by atoms with Crippen LogP contribution in [0.25, 0.3) is 0 Å². The van der Waals surface area contributed by atoms with E-state index in [0.29, 0.717) is 11.5 Å².